The Bertz CT molecular complexity index is 949. The minimum atomic E-state index is -0.397. The lowest BCUT2D eigenvalue weighted by Gasteiger charge is -2.06. The Morgan fingerprint density at radius 2 is 2.15 bits per heavy atom. The number of esters is 1. The van der Waals surface area contributed by atoms with Gasteiger partial charge in [0.25, 0.3) is 5.56 Å². The largest absolute Gasteiger partial charge is 0.457 e. The molecule has 0 saturated heterocycles. The number of nitrogens with one attached hydrogen (secondary N) is 1. The van der Waals surface area contributed by atoms with Crippen LogP contribution in [0, 0.1) is 0 Å². The number of benzene rings is 1. The van der Waals surface area contributed by atoms with Gasteiger partial charge in [-0.3, -0.25) is 9.59 Å². The number of hydrogen-bond acceptors (Lipinski definition) is 7. The van der Waals surface area contributed by atoms with Gasteiger partial charge < -0.3 is 9.72 Å². The molecule has 0 atom stereocenters. The van der Waals surface area contributed by atoms with E-state index in [2.05, 4.69) is 32.4 Å². The van der Waals surface area contributed by atoms with Crippen molar-refractivity contribution < 1.29 is 9.53 Å². The molecular formula is C17H20N6O3. The van der Waals surface area contributed by atoms with Crippen LogP contribution < -0.4 is 5.56 Å². The van der Waals surface area contributed by atoms with Crippen molar-refractivity contribution in [2.45, 2.75) is 45.8 Å². The first-order valence-electron chi connectivity index (χ1n) is 8.56. The summed E-state index contributed by atoms with van der Waals surface area (Å²) >= 11 is 0. The summed E-state index contributed by atoms with van der Waals surface area (Å²) < 4.78 is 6.86. The van der Waals surface area contributed by atoms with Crippen LogP contribution in [-0.2, 0) is 29.1 Å². The molecule has 0 aliphatic rings. The maximum absolute atomic E-state index is 12.0. The van der Waals surface area contributed by atoms with E-state index in [-0.39, 0.29) is 18.6 Å². The topological polar surface area (TPSA) is 116 Å². The maximum atomic E-state index is 12.0. The molecule has 3 aromatic rings. The van der Waals surface area contributed by atoms with Gasteiger partial charge >= 0.3 is 5.97 Å². The predicted molar refractivity (Wildman–Crippen MR) is 93.2 cm³/mol. The third-order valence-electron chi connectivity index (χ3n) is 3.92. The van der Waals surface area contributed by atoms with Crippen molar-refractivity contribution in [1.29, 1.82) is 0 Å². The number of unbranched alkanes of at least 4 members (excludes halogenated alkanes) is 1. The highest BCUT2D eigenvalue weighted by Crippen LogP contribution is 2.07. The van der Waals surface area contributed by atoms with Crippen molar-refractivity contribution >= 4 is 16.9 Å². The van der Waals surface area contributed by atoms with E-state index in [1.807, 2.05) is 6.07 Å². The molecule has 3 rings (SSSR count). The zero-order valence-electron chi connectivity index (χ0n) is 14.5. The van der Waals surface area contributed by atoms with Crippen LogP contribution in [0.4, 0.5) is 0 Å². The van der Waals surface area contributed by atoms with Crippen molar-refractivity contribution in [3.8, 4) is 0 Å². The number of nitrogens with zero attached hydrogens (tertiary/aromatic N) is 5. The van der Waals surface area contributed by atoms with E-state index < -0.39 is 5.97 Å². The molecule has 0 spiro atoms. The molecule has 2 heterocycles. The van der Waals surface area contributed by atoms with Gasteiger partial charge in [0.1, 0.15) is 5.82 Å². The Morgan fingerprint density at radius 1 is 1.31 bits per heavy atom. The van der Waals surface area contributed by atoms with Crippen molar-refractivity contribution in [2.24, 2.45) is 0 Å². The third-order valence-corrected chi connectivity index (χ3v) is 3.92. The first-order valence-corrected chi connectivity index (χ1v) is 8.56. The molecule has 0 fully saturated rings. The number of ether oxygens (including phenoxy) is 1. The Morgan fingerprint density at radius 3 is 3.00 bits per heavy atom. The Labute approximate surface area is 149 Å². The van der Waals surface area contributed by atoms with E-state index in [0.29, 0.717) is 35.5 Å². The molecule has 0 aliphatic carbocycles. The van der Waals surface area contributed by atoms with E-state index in [1.165, 1.54) is 0 Å². The summed E-state index contributed by atoms with van der Waals surface area (Å²) in [5, 5.41) is 11.9. The van der Waals surface area contributed by atoms with Gasteiger partial charge in [0, 0.05) is 13.0 Å². The maximum Gasteiger partial charge on any atom is 0.306 e. The standard InChI is InChI=1S/C17H20N6O3/c1-2-3-10-23-15(20-21-22-23)11-26-16(24)9-8-14-18-13-7-5-4-6-12(13)17(25)19-14/h4-7H,2-3,8-11H2,1H3,(H,18,19,25). The van der Waals surface area contributed by atoms with E-state index in [9.17, 15) is 9.59 Å². The first kappa shape index (κ1) is 17.7. The highest BCUT2D eigenvalue weighted by Gasteiger charge is 2.11. The molecule has 1 N–H and O–H groups in total. The number of para-hydroxylation sites is 1. The average Bonchev–Trinajstić information content (AvgIpc) is 3.10. The summed E-state index contributed by atoms with van der Waals surface area (Å²) in [6.45, 7) is 2.80. The highest BCUT2D eigenvalue weighted by atomic mass is 16.5. The molecule has 0 amide bonds. The third kappa shape index (κ3) is 4.29. The second-order valence-corrected chi connectivity index (χ2v) is 5.86. The molecule has 0 saturated carbocycles. The number of aryl methyl sites for hydroxylation is 2. The summed E-state index contributed by atoms with van der Waals surface area (Å²) in [7, 11) is 0. The zero-order valence-corrected chi connectivity index (χ0v) is 14.5. The lowest BCUT2D eigenvalue weighted by molar-refractivity contribution is -0.145. The van der Waals surface area contributed by atoms with Gasteiger partial charge in [0.15, 0.2) is 12.4 Å². The van der Waals surface area contributed by atoms with Crippen LogP contribution >= 0.6 is 0 Å². The van der Waals surface area contributed by atoms with Gasteiger partial charge in [-0.05, 0) is 29.0 Å². The van der Waals surface area contributed by atoms with Crippen LogP contribution in [0.1, 0.15) is 37.8 Å². The van der Waals surface area contributed by atoms with Gasteiger partial charge in [-0.15, -0.1) is 5.10 Å². The zero-order chi connectivity index (χ0) is 18.4. The van der Waals surface area contributed by atoms with Gasteiger partial charge in [-0.2, -0.15) is 0 Å². The van der Waals surface area contributed by atoms with Crippen LogP contribution in [0.15, 0.2) is 29.1 Å². The van der Waals surface area contributed by atoms with Crippen LogP contribution in [0.2, 0.25) is 0 Å². The summed E-state index contributed by atoms with van der Waals surface area (Å²) in [6, 6.07) is 7.07. The predicted octanol–water partition coefficient (Wildman–Crippen LogP) is 1.39. The minimum absolute atomic E-state index is 0.0250. The van der Waals surface area contributed by atoms with E-state index in [0.717, 1.165) is 12.8 Å². The Hall–Kier alpha value is -3.10. The minimum Gasteiger partial charge on any atom is -0.457 e. The fourth-order valence-corrected chi connectivity index (χ4v) is 2.50. The number of H-pyrrole nitrogens is 1. The molecule has 0 unspecified atom stereocenters. The highest BCUT2D eigenvalue weighted by molar-refractivity contribution is 5.77. The molecule has 1 aromatic carbocycles. The fourth-order valence-electron chi connectivity index (χ4n) is 2.50. The number of aromatic nitrogens is 6. The first-order chi connectivity index (χ1) is 12.7. The number of hydrogen-bond donors (Lipinski definition) is 1. The number of tetrazole rings is 1. The van der Waals surface area contributed by atoms with E-state index >= 15 is 0 Å². The second kappa shape index (κ2) is 8.32. The normalized spacial score (nSPS) is 11.0. The van der Waals surface area contributed by atoms with Crippen LogP contribution in [0.25, 0.3) is 10.9 Å². The van der Waals surface area contributed by atoms with E-state index in [1.54, 1.807) is 22.9 Å². The lowest BCUT2D eigenvalue weighted by Crippen LogP contribution is -2.14. The lowest BCUT2D eigenvalue weighted by atomic mass is 10.2. The van der Waals surface area contributed by atoms with Crippen molar-refractivity contribution in [3.63, 3.8) is 0 Å². The molecule has 0 radical (unpaired) electrons. The Balaban J connectivity index is 1.55. The van der Waals surface area contributed by atoms with Crippen LogP contribution in [0.5, 0.6) is 0 Å². The van der Waals surface area contributed by atoms with Gasteiger partial charge in [0.2, 0.25) is 0 Å². The second-order valence-electron chi connectivity index (χ2n) is 5.86. The molecule has 0 aliphatic heterocycles. The number of carbonyl (C=O) groups is 1. The van der Waals surface area contributed by atoms with Crippen LogP contribution in [-0.4, -0.2) is 36.1 Å². The number of rotatable bonds is 8. The van der Waals surface area contributed by atoms with Gasteiger partial charge in [-0.25, -0.2) is 9.67 Å². The molecule has 0 bridgehead atoms. The molecular weight excluding hydrogens is 336 g/mol. The molecule has 9 nitrogen and oxygen atoms in total. The average molecular weight is 356 g/mol. The van der Waals surface area contributed by atoms with Crippen molar-refractivity contribution in [2.75, 3.05) is 0 Å². The van der Waals surface area contributed by atoms with Gasteiger partial charge in [-0.1, -0.05) is 25.5 Å². The van der Waals surface area contributed by atoms with Crippen LogP contribution in [0.3, 0.4) is 0 Å². The summed E-state index contributed by atoms with van der Waals surface area (Å²) in [5.41, 5.74) is 0.392. The summed E-state index contributed by atoms with van der Waals surface area (Å²) in [6.07, 6.45) is 2.38. The molecule has 136 valence electrons. The smallest absolute Gasteiger partial charge is 0.306 e. The fraction of sp³-hybridized carbons (Fsp3) is 0.412. The number of carbonyl (C=O) groups excluding carboxylic acids is 1. The Kier molecular flexibility index (Phi) is 5.67. The summed E-state index contributed by atoms with van der Waals surface area (Å²) in [4.78, 5) is 31.0. The van der Waals surface area contributed by atoms with Crippen molar-refractivity contribution in [1.82, 2.24) is 30.2 Å². The van der Waals surface area contributed by atoms with Gasteiger partial charge in [0.05, 0.1) is 17.3 Å². The molecule has 26 heavy (non-hydrogen) atoms. The summed E-state index contributed by atoms with van der Waals surface area (Å²) in [5.74, 6) is 0.577. The van der Waals surface area contributed by atoms with Crippen molar-refractivity contribution in [3.05, 3.63) is 46.3 Å². The number of fused-ring (bicyclic) bond motifs is 1. The SMILES string of the molecule is CCCCn1nnnc1COC(=O)CCc1nc2ccccc2c(=O)[nH]1. The van der Waals surface area contributed by atoms with E-state index in [4.69, 9.17) is 4.74 Å². The quantitative estimate of drug-likeness (QED) is 0.606. The number of aromatic amines is 1. The molecule has 2 aromatic heterocycles. The molecule has 9 heteroatoms. The monoisotopic (exact) mass is 356 g/mol.